The van der Waals surface area contributed by atoms with Gasteiger partial charge in [0.05, 0.1) is 6.42 Å². The maximum absolute atomic E-state index is 11.4. The van der Waals surface area contributed by atoms with E-state index in [4.69, 9.17) is 5.11 Å². The van der Waals surface area contributed by atoms with E-state index in [1.165, 1.54) is 0 Å². The molecular weight excluding hydrogens is 238 g/mol. The number of aliphatic carboxylic acids is 1. The molecule has 0 radical (unpaired) electrons. The van der Waals surface area contributed by atoms with E-state index < -0.39 is 5.97 Å². The highest BCUT2D eigenvalue weighted by Gasteiger charge is 2.44. The number of rotatable bonds is 5. The third-order valence-corrected chi connectivity index (χ3v) is 5.20. The van der Waals surface area contributed by atoms with Gasteiger partial charge in [0, 0.05) is 18.2 Å². The van der Waals surface area contributed by atoms with E-state index in [0.717, 1.165) is 38.0 Å². The van der Waals surface area contributed by atoms with Crippen LogP contribution in [-0.2, 0) is 9.59 Å². The second-order valence-electron chi connectivity index (χ2n) is 5.20. The van der Waals surface area contributed by atoms with Gasteiger partial charge in [0.2, 0.25) is 5.91 Å². The summed E-state index contributed by atoms with van der Waals surface area (Å²) in [6.45, 7) is 0.788. The van der Waals surface area contributed by atoms with Crippen LogP contribution in [0.1, 0.15) is 38.5 Å². The fraction of sp³-hybridized carbons (Fsp3) is 0.833. The lowest BCUT2D eigenvalue weighted by Crippen LogP contribution is -2.23. The van der Waals surface area contributed by atoms with Crippen molar-refractivity contribution in [3.05, 3.63) is 0 Å². The molecule has 5 heteroatoms. The molecule has 1 saturated heterocycles. The Bertz CT molecular complexity index is 315. The number of carboxylic acid groups (broad SMARTS) is 1. The van der Waals surface area contributed by atoms with E-state index in [9.17, 15) is 9.59 Å². The molecule has 1 aliphatic heterocycles. The first-order valence-electron chi connectivity index (χ1n) is 6.20. The first kappa shape index (κ1) is 12.7. The average molecular weight is 257 g/mol. The Kier molecular flexibility index (Phi) is 3.97. The summed E-state index contributed by atoms with van der Waals surface area (Å²) in [5.41, 5.74) is 0.0410. The van der Waals surface area contributed by atoms with Gasteiger partial charge in [-0.05, 0) is 36.9 Å². The Labute approximate surface area is 106 Å². The highest BCUT2D eigenvalue weighted by atomic mass is 32.2. The van der Waals surface area contributed by atoms with Gasteiger partial charge in [-0.25, -0.2) is 0 Å². The Balaban J connectivity index is 1.77. The highest BCUT2D eigenvalue weighted by molar-refractivity contribution is 7.99. The third kappa shape index (κ3) is 3.91. The summed E-state index contributed by atoms with van der Waals surface area (Å²) in [6, 6.07) is 0. The van der Waals surface area contributed by atoms with Crippen LogP contribution < -0.4 is 5.32 Å². The lowest BCUT2D eigenvalue weighted by molar-refractivity contribution is -0.138. The van der Waals surface area contributed by atoms with Crippen molar-refractivity contribution in [2.75, 3.05) is 12.3 Å². The maximum atomic E-state index is 11.4. The normalized spacial score (nSPS) is 27.1. The number of carbonyl (C=O) groups excluding carboxylic acids is 1. The first-order valence-corrected chi connectivity index (χ1v) is 7.25. The average Bonchev–Trinajstić information content (AvgIpc) is 3.01. The van der Waals surface area contributed by atoms with Crippen LogP contribution >= 0.6 is 11.8 Å². The van der Waals surface area contributed by atoms with Crippen molar-refractivity contribution < 1.29 is 14.7 Å². The van der Waals surface area contributed by atoms with Crippen molar-refractivity contribution in [2.45, 2.75) is 43.8 Å². The number of carboxylic acids is 1. The molecule has 0 aromatic carbocycles. The van der Waals surface area contributed by atoms with Gasteiger partial charge in [0.1, 0.15) is 0 Å². The van der Waals surface area contributed by atoms with Gasteiger partial charge < -0.3 is 10.4 Å². The first-order chi connectivity index (χ1) is 8.10. The molecule has 0 aromatic rings. The second-order valence-corrected chi connectivity index (χ2v) is 6.49. The molecule has 0 bridgehead atoms. The summed E-state index contributed by atoms with van der Waals surface area (Å²) in [7, 11) is 0. The van der Waals surface area contributed by atoms with E-state index in [1.54, 1.807) is 11.8 Å². The van der Waals surface area contributed by atoms with Gasteiger partial charge in [-0.2, -0.15) is 11.8 Å². The van der Waals surface area contributed by atoms with Crippen LogP contribution in [0.5, 0.6) is 0 Å². The van der Waals surface area contributed by atoms with Gasteiger partial charge in [-0.15, -0.1) is 0 Å². The zero-order chi connectivity index (χ0) is 12.3. The maximum Gasteiger partial charge on any atom is 0.303 e. The molecule has 4 nitrogen and oxygen atoms in total. The monoisotopic (exact) mass is 257 g/mol. The summed E-state index contributed by atoms with van der Waals surface area (Å²) < 4.78 is 0. The summed E-state index contributed by atoms with van der Waals surface area (Å²) in [5, 5.41) is 12.1. The van der Waals surface area contributed by atoms with E-state index in [1.807, 2.05) is 0 Å². The van der Waals surface area contributed by atoms with E-state index in [2.05, 4.69) is 5.32 Å². The second kappa shape index (κ2) is 5.29. The summed E-state index contributed by atoms with van der Waals surface area (Å²) in [4.78, 5) is 22.1. The zero-order valence-electron chi connectivity index (χ0n) is 9.91. The molecule has 1 amide bonds. The number of thioether (sulfide) groups is 1. The number of hydrogen-bond acceptors (Lipinski definition) is 3. The van der Waals surface area contributed by atoms with Crippen molar-refractivity contribution in [3.63, 3.8) is 0 Å². The van der Waals surface area contributed by atoms with Crippen LogP contribution in [0.15, 0.2) is 0 Å². The molecule has 1 atom stereocenters. The minimum Gasteiger partial charge on any atom is -0.481 e. The van der Waals surface area contributed by atoms with Gasteiger partial charge in [-0.1, -0.05) is 0 Å². The van der Waals surface area contributed by atoms with Crippen LogP contribution in [0.25, 0.3) is 0 Å². The molecule has 17 heavy (non-hydrogen) atoms. The molecule has 0 spiro atoms. The fourth-order valence-electron chi connectivity index (χ4n) is 2.25. The molecule has 96 valence electrons. The molecule has 2 rings (SSSR count). The van der Waals surface area contributed by atoms with E-state index >= 15 is 0 Å². The molecule has 1 unspecified atom stereocenters. The van der Waals surface area contributed by atoms with Crippen molar-refractivity contribution in [1.29, 1.82) is 0 Å². The molecule has 1 saturated carbocycles. The predicted octanol–water partition coefficient (Wildman–Crippen LogP) is 1.64. The Morgan fingerprint density at radius 3 is 2.94 bits per heavy atom. The third-order valence-electron chi connectivity index (χ3n) is 3.55. The quantitative estimate of drug-likeness (QED) is 0.786. The molecule has 2 N–H and O–H groups in total. The highest BCUT2D eigenvalue weighted by Crippen LogP contribution is 2.51. The number of amides is 1. The van der Waals surface area contributed by atoms with E-state index in [0.29, 0.717) is 18.1 Å². The molecule has 2 fully saturated rings. The predicted molar refractivity (Wildman–Crippen MR) is 67.0 cm³/mol. The minimum atomic E-state index is -0.693. The van der Waals surface area contributed by atoms with Crippen molar-refractivity contribution in [3.8, 4) is 0 Å². The standard InChI is InChI=1S/C12H19NO3S/c14-10-6-9(2-1-5-13-10)17-8-12(3-4-12)7-11(15)16/h9H,1-8H2,(H,13,14)(H,15,16). The summed E-state index contributed by atoms with van der Waals surface area (Å²) in [5.74, 6) is 0.349. The topological polar surface area (TPSA) is 66.4 Å². The van der Waals surface area contributed by atoms with Crippen LogP contribution in [0, 0.1) is 5.41 Å². The smallest absolute Gasteiger partial charge is 0.303 e. The number of carbonyl (C=O) groups is 2. The molecule has 1 aliphatic carbocycles. The Morgan fingerprint density at radius 2 is 2.29 bits per heavy atom. The van der Waals surface area contributed by atoms with Crippen LogP contribution in [0.3, 0.4) is 0 Å². The largest absolute Gasteiger partial charge is 0.481 e. The van der Waals surface area contributed by atoms with Gasteiger partial charge in [-0.3, -0.25) is 9.59 Å². The SMILES string of the molecule is O=C(O)CC1(CSC2CCCNC(=O)C2)CC1. The minimum absolute atomic E-state index is 0.0410. The molecular formula is C12H19NO3S. The van der Waals surface area contributed by atoms with Crippen molar-refractivity contribution >= 4 is 23.6 Å². The molecule has 1 heterocycles. The van der Waals surface area contributed by atoms with Crippen LogP contribution in [0.4, 0.5) is 0 Å². The fourth-order valence-corrected chi connectivity index (χ4v) is 3.83. The van der Waals surface area contributed by atoms with Crippen molar-refractivity contribution in [2.24, 2.45) is 5.41 Å². The van der Waals surface area contributed by atoms with Gasteiger partial charge >= 0.3 is 5.97 Å². The van der Waals surface area contributed by atoms with Gasteiger partial charge in [0.15, 0.2) is 0 Å². The lowest BCUT2D eigenvalue weighted by Gasteiger charge is -2.17. The van der Waals surface area contributed by atoms with Crippen LogP contribution in [-0.4, -0.2) is 34.5 Å². The van der Waals surface area contributed by atoms with E-state index in [-0.39, 0.29) is 11.3 Å². The lowest BCUT2D eigenvalue weighted by atomic mass is 10.1. The Hall–Kier alpha value is -0.710. The number of nitrogens with one attached hydrogen (secondary N) is 1. The van der Waals surface area contributed by atoms with Crippen molar-refractivity contribution in [1.82, 2.24) is 5.32 Å². The molecule has 2 aliphatic rings. The number of hydrogen-bond donors (Lipinski definition) is 2. The zero-order valence-corrected chi connectivity index (χ0v) is 10.7. The van der Waals surface area contributed by atoms with Gasteiger partial charge in [0.25, 0.3) is 0 Å². The molecule has 0 aromatic heterocycles. The summed E-state index contributed by atoms with van der Waals surface area (Å²) in [6.07, 6.45) is 5.05. The Morgan fingerprint density at radius 1 is 1.53 bits per heavy atom. The van der Waals surface area contributed by atoms with Crippen LogP contribution in [0.2, 0.25) is 0 Å². The summed E-state index contributed by atoms with van der Waals surface area (Å²) >= 11 is 1.80.